The molecule has 2 aliphatic carbocycles. The Morgan fingerprint density at radius 3 is 2.49 bits per heavy atom. The first-order valence-corrected chi connectivity index (χ1v) is 12.0. The molecule has 4 nitrogen and oxygen atoms in total. The van der Waals surface area contributed by atoms with Gasteiger partial charge in [-0.25, -0.2) is 9.97 Å². The molecule has 4 heterocycles. The maximum Gasteiger partial charge on any atom is 0.147 e. The second kappa shape index (κ2) is 6.10. The van der Waals surface area contributed by atoms with Crippen molar-refractivity contribution in [1.82, 2.24) is 19.4 Å². The van der Waals surface area contributed by atoms with Crippen LogP contribution in [0.4, 0.5) is 0 Å². The molecule has 9 rings (SSSR count). The monoisotopic (exact) mass is 446 g/mol. The van der Waals surface area contributed by atoms with Gasteiger partial charge in [0.05, 0.1) is 11.0 Å². The molecule has 3 aromatic carbocycles. The predicted molar refractivity (Wildman–Crippen MR) is 140 cm³/mol. The van der Waals surface area contributed by atoms with E-state index in [1.807, 2.05) is 24.7 Å². The molecule has 0 N–H and O–H groups in total. The maximum atomic E-state index is 5.14. The minimum absolute atomic E-state index is 0.931. The predicted octanol–water partition coefficient (Wildman–Crippen LogP) is 6.73. The summed E-state index contributed by atoms with van der Waals surface area (Å²) in [5, 5.41) is 3.29. The molecule has 2 aliphatic rings. The highest BCUT2D eigenvalue weighted by Gasteiger charge is 2.28. The average molecular weight is 447 g/mol. The third kappa shape index (κ3) is 2.15. The van der Waals surface area contributed by atoms with Gasteiger partial charge in [-0.15, -0.1) is 0 Å². The summed E-state index contributed by atoms with van der Waals surface area (Å²) in [6.07, 6.45) is 7.60. The summed E-state index contributed by atoms with van der Waals surface area (Å²) in [7, 11) is 0. The van der Waals surface area contributed by atoms with Gasteiger partial charge < -0.3 is 0 Å². The molecule has 0 radical (unpaired) electrons. The van der Waals surface area contributed by atoms with Crippen LogP contribution in [0.5, 0.6) is 0 Å². The van der Waals surface area contributed by atoms with Gasteiger partial charge in [-0.3, -0.25) is 9.38 Å². The fourth-order valence-corrected chi connectivity index (χ4v) is 6.45. The van der Waals surface area contributed by atoms with Crippen LogP contribution in [-0.4, -0.2) is 19.4 Å². The largest absolute Gasteiger partial charge is 0.275 e. The number of pyridine rings is 3. The van der Waals surface area contributed by atoms with E-state index in [1.165, 1.54) is 44.5 Å². The van der Waals surface area contributed by atoms with Crippen LogP contribution < -0.4 is 0 Å². The number of hydrogen-bond acceptors (Lipinski definition) is 3. The molecule has 0 fully saturated rings. The molecule has 0 atom stereocenters. The molecule has 4 heteroatoms. The lowest BCUT2D eigenvalue weighted by Crippen LogP contribution is -1.95. The van der Waals surface area contributed by atoms with Crippen molar-refractivity contribution in [2.45, 2.75) is 12.8 Å². The van der Waals surface area contributed by atoms with Gasteiger partial charge >= 0.3 is 0 Å². The molecule has 7 aromatic rings. The van der Waals surface area contributed by atoms with Crippen LogP contribution in [0.15, 0.2) is 85.3 Å². The summed E-state index contributed by atoms with van der Waals surface area (Å²) in [6.45, 7) is 0. The van der Waals surface area contributed by atoms with Gasteiger partial charge in [-0.2, -0.15) is 0 Å². The highest BCUT2D eigenvalue weighted by molar-refractivity contribution is 6.14. The first-order valence-electron chi connectivity index (χ1n) is 12.0. The van der Waals surface area contributed by atoms with E-state index in [4.69, 9.17) is 9.97 Å². The van der Waals surface area contributed by atoms with E-state index in [9.17, 15) is 0 Å². The van der Waals surface area contributed by atoms with Gasteiger partial charge in [0, 0.05) is 40.3 Å². The molecular weight excluding hydrogens is 428 g/mol. The van der Waals surface area contributed by atoms with Crippen molar-refractivity contribution in [2.24, 2.45) is 0 Å². The molecule has 0 saturated heterocycles. The molecular formula is C31H18N4. The van der Waals surface area contributed by atoms with Crippen molar-refractivity contribution in [3.63, 3.8) is 0 Å². The summed E-state index contributed by atoms with van der Waals surface area (Å²) in [5.74, 6) is 0. The Morgan fingerprint density at radius 1 is 0.629 bits per heavy atom. The topological polar surface area (TPSA) is 43.1 Å². The third-order valence-electron chi connectivity index (χ3n) is 7.92. The Bertz CT molecular complexity index is 2070. The van der Waals surface area contributed by atoms with Crippen LogP contribution in [0.1, 0.15) is 22.3 Å². The maximum absolute atomic E-state index is 5.14. The van der Waals surface area contributed by atoms with E-state index in [0.717, 1.165) is 51.3 Å². The summed E-state index contributed by atoms with van der Waals surface area (Å²) in [4.78, 5) is 14.4. The highest BCUT2D eigenvalue weighted by Crippen LogP contribution is 2.47. The Hall–Kier alpha value is -4.57. The first-order chi connectivity index (χ1) is 17.3. The van der Waals surface area contributed by atoms with Crippen LogP contribution in [0.25, 0.3) is 60.7 Å². The Balaban J connectivity index is 1.43. The quantitative estimate of drug-likeness (QED) is 0.243. The molecule has 35 heavy (non-hydrogen) atoms. The summed E-state index contributed by atoms with van der Waals surface area (Å²) in [6, 6.07) is 24.3. The summed E-state index contributed by atoms with van der Waals surface area (Å²) >= 11 is 0. The van der Waals surface area contributed by atoms with Crippen molar-refractivity contribution in [3.05, 3.63) is 108 Å². The van der Waals surface area contributed by atoms with E-state index in [0.29, 0.717) is 0 Å². The van der Waals surface area contributed by atoms with E-state index < -0.39 is 0 Å². The van der Waals surface area contributed by atoms with Crippen molar-refractivity contribution < 1.29 is 0 Å². The van der Waals surface area contributed by atoms with Crippen LogP contribution in [0.2, 0.25) is 0 Å². The van der Waals surface area contributed by atoms with E-state index in [1.54, 1.807) is 0 Å². The van der Waals surface area contributed by atoms with E-state index in [-0.39, 0.29) is 0 Å². The van der Waals surface area contributed by atoms with Crippen molar-refractivity contribution in [3.8, 4) is 22.3 Å². The third-order valence-corrected chi connectivity index (χ3v) is 7.92. The SMILES string of the molecule is c1ccc2c(c1)Cc1cc3c(cc1-2)Cc1ccc2nc4c5ccncc5c5cccnc5n4c2c1-3. The Labute approximate surface area is 200 Å². The number of benzene rings is 3. The Morgan fingerprint density at radius 2 is 1.49 bits per heavy atom. The number of rotatable bonds is 0. The molecule has 4 aromatic heterocycles. The van der Waals surface area contributed by atoms with Crippen LogP contribution in [-0.2, 0) is 12.8 Å². The first kappa shape index (κ1) is 17.8. The van der Waals surface area contributed by atoms with Crippen LogP contribution in [0, 0.1) is 0 Å². The summed E-state index contributed by atoms with van der Waals surface area (Å²) in [5.41, 5.74) is 15.1. The van der Waals surface area contributed by atoms with Crippen molar-refractivity contribution in [1.29, 1.82) is 0 Å². The molecule has 0 bridgehead atoms. The van der Waals surface area contributed by atoms with Gasteiger partial charge in [-0.05, 0) is 88.2 Å². The zero-order valence-corrected chi connectivity index (χ0v) is 18.8. The smallest absolute Gasteiger partial charge is 0.147 e. The van der Waals surface area contributed by atoms with E-state index >= 15 is 0 Å². The zero-order chi connectivity index (χ0) is 22.7. The second-order valence-electron chi connectivity index (χ2n) is 9.71. The van der Waals surface area contributed by atoms with Crippen LogP contribution >= 0.6 is 0 Å². The zero-order valence-electron chi connectivity index (χ0n) is 18.8. The average Bonchev–Trinajstić information content (AvgIpc) is 3.58. The van der Waals surface area contributed by atoms with E-state index in [2.05, 4.69) is 70.0 Å². The molecule has 0 aliphatic heterocycles. The Kier molecular flexibility index (Phi) is 3.11. The van der Waals surface area contributed by atoms with Gasteiger partial charge in [-0.1, -0.05) is 30.3 Å². The van der Waals surface area contributed by atoms with Gasteiger partial charge in [0.2, 0.25) is 0 Å². The lowest BCUT2D eigenvalue weighted by atomic mass is 9.97. The number of imidazole rings is 1. The number of fused-ring (bicyclic) bond motifs is 15. The highest BCUT2D eigenvalue weighted by atomic mass is 15.1. The van der Waals surface area contributed by atoms with Crippen LogP contribution in [0.3, 0.4) is 0 Å². The molecule has 162 valence electrons. The van der Waals surface area contributed by atoms with Crippen molar-refractivity contribution in [2.75, 3.05) is 0 Å². The summed E-state index contributed by atoms with van der Waals surface area (Å²) < 4.78 is 2.28. The minimum atomic E-state index is 0.931. The van der Waals surface area contributed by atoms with Gasteiger partial charge in [0.1, 0.15) is 11.3 Å². The van der Waals surface area contributed by atoms with Gasteiger partial charge in [0.15, 0.2) is 0 Å². The number of aromatic nitrogens is 4. The molecule has 0 amide bonds. The lowest BCUT2D eigenvalue weighted by molar-refractivity contribution is 1.23. The van der Waals surface area contributed by atoms with Crippen molar-refractivity contribution >= 4 is 38.5 Å². The standard InChI is InChI=1S/C31H18N4/c1-2-5-21-17(4-1)12-19-15-25-20(14-24(19)21)13-18-7-8-27-29(28(18)25)35-30-22(6-3-10-33-30)26-16-32-11-9-23(26)31(35)34-27/h1-11,14-16H,12-13H2. The fourth-order valence-electron chi connectivity index (χ4n) is 6.45. The molecule has 0 unspecified atom stereocenters. The second-order valence-corrected chi connectivity index (χ2v) is 9.71. The normalized spacial score (nSPS) is 13.5. The number of hydrogen-bond donors (Lipinski definition) is 0. The lowest BCUT2D eigenvalue weighted by Gasteiger charge is -2.10. The van der Waals surface area contributed by atoms with Gasteiger partial charge in [0.25, 0.3) is 0 Å². The number of nitrogens with zero attached hydrogens (tertiary/aromatic N) is 4. The molecule has 0 saturated carbocycles. The minimum Gasteiger partial charge on any atom is -0.275 e. The fraction of sp³-hybridized carbons (Fsp3) is 0.0645. The molecule has 0 spiro atoms.